The number of nitrogens with zero attached hydrogens (tertiary/aromatic N) is 3. The van der Waals surface area contributed by atoms with E-state index in [-0.39, 0.29) is 59.7 Å². The summed E-state index contributed by atoms with van der Waals surface area (Å²) < 4.78 is 52.2. The minimum Gasteiger partial charge on any atom is -0.480 e. The van der Waals surface area contributed by atoms with Gasteiger partial charge in [-0.3, -0.25) is 14.7 Å². The Labute approximate surface area is 208 Å². The zero-order chi connectivity index (χ0) is 26.0. The van der Waals surface area contributed by atoms with Crippen LogP contribution in [0, 0.1) is 17.5 Å². The molecule has 0 spiro atoms. The largest absolute Gasteiger partial charge is 0.480 e. The second-order valence-electron chi connectivity index (χ2n) is 7.94. The highest BCUT2D eigenvalue weighted by molar-refractivity contribution is 6.31. The molecule has 2 N–H and O–H groups in total. The summed E-state index contributed by atoms with van der Waals surface area (Å²) in [6.45, 7) is 0.252. The van der Waals surface area contributed by atoms with Crippen LogP contribution in [-0.2, 0) is 19.1 Å². The first-order chi connectivity index (χ1) is 17.2. The van der Waals surface area contributed by atoms with Crippen LogP contribution >= 0.6 is 11.6 Å². The smallest absolute Gasteiger partial charge is 0.338 e. The first-order valence-corrected chi connectivity index (χ1v) is 11.0. The molecular formula is C23H20ClF3N4O5. The molecule has 1 fully saturated rings. The number of aliphatic imine (C=N–C) groups is 1. The molecule has 0 aliphatic carbocycles. The first kappa shape index (κ1) is 25.6. The predicted octanol–water partition coefficient (Wildman–Crippen LogP) is 2.46. The van der Waals surface area contributed by atoms with Crippen LogP contribution in [0.5, 0.6) is 0 Å². The number of carboxylic acid groups (broad SMARTS) is 1. The maximum absolute atomic E-state index is 14.7. The number of hydrogen-bond acceptors (Lipinski definition) is 8. The fourth-order valence-electron chi connectivity index (χ4n) is 3.99. The van der Waals surface area contributed by atoms with Gasteiger partial charge in [0.15, 0.2) is 11.7 Å². The summed E-state index contributed by atoms with van der Waals surface area (Å²) in [6, 6.07) is 1.86. The third kappa shape index (κ3) is 5.20. The minimum atomic E-state index is -1.20. The highest BCUT2D eigenvalue weighted by Gasteiger charge is 2.37. The average molecular weight is 525 g/mol. The molecule has 13 heteroatoms. The molecule has 2 aromatic rings. The molecule has 0 saturated carbocycles. The summed E-state index contributed by atoms with van der Waals surface area (Å²) in [6.07, 6.45) is 0.796. The third-order valence-electron chi connectivity index (χ3n) is 5.71. The van der Waals surface area contributed by atoms with Crippen LogP contribution in [0.15, 0.2) is 46.7 Å². The maximum atomic E-state index is 14.7. The highest BCUT2D eigenvalue weighted by Crippen LogP contribution is 2.37. The number of carbonyl (C=O) groups is 2. The number of morpholine rings is 1. The van der Waals surface area contributed by atoms with Crippen LogP contribution in [0.2, 0.25) is 5.02 Å². The summed E-state index contributed by atoms with van der Waals surface area (Å²) in [5, 5.41) is 12.4. The Bertz CT molecular complexity index is 1270. The number of benzene rings is 1. The average Bonchev–Trinajstić information content (AvgIpc) is 2.83. The van der Waals surface area contributed by atoms with E-state index in [0.29, 0.717) is 6.07 Å². The van der Waals surface area contributed by atoms with Crippen LogP contribution in [0.25, 0.3) is 0 Å². The number of aliphatic carboxylic acids is 1. The monoisotopic (exact) mass is 524 g/mol. The third-order valence-corrected chi connectivity index (χ3v) is 6.03. The molecule has 4 rings (SSSR count). The Balaban J connectivity index is 1.87. The number of pyridine rings is 1. The molecule has 190 valence electrons. The Morgan fingerprint density at radius 1 is 1.28 bits per heavy atom. The number of carboxylic acids is 1. The van der Waals surface area contributed by atoms with Gasteiger partial charge < -0.3 is 19.9 Å². The number of esters is 1. The number of nitrogens with one attached hydrogen (secondary N) is 1. The van der Waals surface area contributed by atoms with Crippen LogP contribution in [0.4, 0.5) is 13.2 Å². The standard InChI is InChI=1S/C23H20ClF3N4O5/c1-35-23(34)18-16(9-31-4-5-36-10-17(31)22(32)33)29-21(20-15(27)7-12(26)8-28-20)30-19(18)13-3-2-11(25)6-14(13)24/h2-3,6-8,17,19H,4-5,9-10H2,1H3,(H,29,30)(H,32,33)/t17?,19-/m0/s1. The number of hydrogen-bond donors (Lipinski definition) is 2. The second-order valence-corrected chi connectivity index (χ2v) is 8.35. The molecular weight excluding hydrogens is 505 g/mol. The Kier molecular flexibility index (Phi) is 7.57. The van der Waals surface area contributed by atoms with Gasteiger partial charge in [-0.25, -0.2) is 22.9 Å². The van der Waals surface area contributed by atoms with E-state index in [1.54, 1.807) is 4.90 Å². The Morgan fingerprint density at radius 3 is 2.72 bits per heavy atom. The molecule has 0 bridgehead atoms. The number of amidine groups is 1. The molecule has 0 amide bonds. The maximum Gasteiger partial charge on any atom is 0.338 e. The van der Waals surface area contributed by atoms with E-state index in [4.69, 9.17) is 21.1 Å². The number of methoxy groups -OCH3 is 1. The van der Waals surface area contributed by atoms with Crippen molar-refractivity contribution < 1.29 is 37.3 Å². The van der Waals surface area contributed by atoms with Crippen molar-refractivity contribution in [3.05, 3.63) is 75.5 Å². The lowest BCUT2D eigenvalue weighted by Gasteiger charge is -2.35. The van der Waals surface area contributed by atoms with E-state index in [0.717, 1.165) is 25.4 Å². The van der Waals surface area contributed by atoms with E-state index < -0.39 is 41.5 Å². The molecule has 2 aliphatic heterocycles. The van der Waals surface area contributed by atoms with Crippen molar-refractivity contribution in [1.82, 2.24) is 15.2 Å². The highest BCUT2D eigenvalue weighted by atomic mass is 35.5. The summed E-state index contributed by atoms with van der Waals surface area (Å²) in [4.78, 5) is 34.5. The van der Waals surface area contributed by atoms with Gasteiger partial charge in [0.25, 0.3) is 0 Å². The van der Waals surface area contributed by atoms with Crippen LogP contribution < -0.4 is 5.32 Å². The quantitative estimate of drug-likeness (QED) is 0.554. The van der Waals surface area contributed by atoms with Gasteiger partial charge in [-0.05, 0) is 12.1 Å². The Morgan fingerprint density at radius 2 is 2.06 bits per heavy atom. The molecule has 2 atom stereocenters. The lowest BCUT2D eigenvalue weighted by atomic mass is 9.94. The fraction of sp³-hybridized carbons (Fsp3) is 0.304. The lowest BCUT2D eigenvalue weighted by molar-refractivity contribution is -0.149. The van der Waals surface area contributed by atoms with Gasteiger partial charge in [0.05, 0.1) is 32.1 Å². The Hall–Kier alpha value is -3.48. The summed E-state index contributed by atoms with van der Waals surface area (Å²) in [5.41, 5.74) is -0.0594. The van der Waals surface area contributed by atoms with Crippen LogP contribution in [0.3, 0.4) is 0 Å². The molecule has 1 aromatic carbocycles. The van der Waals surface area contributed by atoms with Crippen LogP contribution in [0.1, 0.15) is 17.3 Å². The number of aromatic nitrogens is 1. The molecule has 0 radical (unpaired) electrons. The van der Waals surface area contributed by atoms with E-state index in [9.17, 15) is 27.9 Å². The number of halogens is 4. The minimum absolute atomic E-state index is 0.0482. The van der Waals surface area contributed by atoms with Gasteiger partial charge >= 0.3 is 11.9 Å². The van der Waals surface area contributed by atoms with E-state index in [1.807, 2.05) is 0 Å². The topological polar surface area (TPSA) is 113 Å². The van der Waals surface area contributed by atoms with Crippen molar-refractivity contribution in [2.45, 2.75) is 12.1 Å². The summed E-state index contributed by atoms with van der Waals surface area (Å²) in [7, 11) is 1.14. The van der Waals surface area contributed by atoms with E-state index in [1.165, 1.54) is 6.07 Å². The predicted molar refractivity (Wildman–Crippen MR) is 121 cm³/mol. The van der Waals surface area contributed by atoms with Gasteiger partial charge in [-0.2, -0.15) is 0 Å². The van der Waals surface area contributed by atoms with Crippen LogP contribution in [-0.4, -0.2) is 72.2 Å². The summed E-state index contributed by atoms with van der Waals surface area (Å²) in [5.74, 6) is -4.69. The van der Waals surface area contributed by atoms with Gasteiger partial charge in [0.2, 0.25) is 0 Å². The van der Waals surface area contributed by atoms with Crippen molar-refractivity contribution in [3.63, 3.8) is 0 Å². The SMILES string of the molecule is COC(=O)C1=C(CN2CCOCC2C(=O)O)NC(c2ncc(F)cc2F)=N[C@H]1c1ccc(F)cc1Cl. The van der Waals surface area contributed by atoms with Crippen molar-refractivity contribution in [2.75, 3.05) is 33.4 Å². The molecule has 9 nitrogen and oxygen atoms in total. The zero-order valence-electron chi connectivity index (χ0n) is 18.8. The molecule has 3 heterocycles. The first-order valence-electron chi connectivity index (χ1n) is 10.7. The lowest BCUT2D eigenvalue weighted by Crippen LogP contribution is -2.52. The molecule has 1 aromatic heterocycles. The zero-order valence-corrected chi connectivity index (χ0v) is 19.6. The van der Waals surface area contributed by atoms with Gasteiger partial charge in [0.1, 0.15) is 29.4 Å². The number of carbonyl (C=O) groups excluding carboxylic acids is 1. The van der Waals surface area contributed by atoms with E-state index in [2.05, 4.69) is 15.3 Å². The van der Waals surface area contributed by atoms with Gasteiger partial charge in [-0.1, -0.05) is 17.7 Å². The molecule has 1 unspecified atom stereocenters. The van der Waals surface area contributed by atoms with Gasteiger partial charge in [0, 0.05) is 35.4 Å². The molecule has 1 saturated heterocycles. The fourth-order valence-corrected chi connectivity index (χ4v) is 4.26. The van der Waals surface area contributed by atoms with Crippen molar-refractivity contribution in [1.29, 1.82) is 0 Å². The molecule has 36 heavy (non-hydrogen) atoms. The van der Waals surface area contributed by atoms with Gasteiger partial charge in [-0.15, -0.1) is 0 Å². The number of ether oxygens (including phenoxy) is 2. The normalized spacial score (nSPS) is 20.5. The number of rotatable bonds is 6. The second kappa shape index (κ2) is 10.6. The van der Waals surface area contributed by atoms with E-state index >= 15 is 0 Å². The van der Waals surface area contributed by atoms with Crippen molar-refractivity contribution in [2.24, 2.45) is 4.99 Å². The van der Waals surface area contributed by atoms with Crippen molar-refractivity contribution in [3.8, 4) is 0 Å². The molecule has 2 aliphatic rings. The van der Waals surface area contributed by atoms with Crippen molar-refractivity contribution >= 4 is 29.4 Å². The summed E-state index contributed by atoms with van der Waals surface area (Å²) >= 11 is 6.28.